The van der Waals surface area contributed by atoms with Crippen LogP contribution in [0.2, 0.25) is 0 Å². The van der Waals surface area contributed by atoms with E-state index in [0.717, 1.165) is 5.92 Å². The Hall–Kier alpha value is -0.820. The average Bonchev–Trinajstić information content (AvgIpc) is 3.09. The average molecular weight is 217 g/mol. The lowest BCUT2D eigenvalue weighted by Gasteiger charge is -2.23. The van der Waals surface area contributed by atoms with Gasteiger partial charge in [-0.25, -0.2) is 0 Å². The van der Waals surface area contributed by atoms with E-state index in [-0.39, 0.29) is 0 Å². The molecule has 1 nitrogen and oxygen atoms in total. The summed E-state index contributed by atoms with van der Waals surface area (Å²) in [6.45, 7) is 5.76. The van der Waals surface area contributed by atoms with Crippen molar-refractivity contribution in [2.24, 2.45) is 11.8 Å². The summed E-state index contributed by atoms with van der Waals surface area (Å²) in [6.07, 6.45) is 4.27. The molecule has 1 aliphatic rings. The molecule has 0 radical (unpaired) electrons. The molecular weight excluding hydrogens is 194 g/mol. The Morgan fingerprint density at radius 1 is 1.19 bits per heavy atom. The molecule has 2 rings (SSSR count). The Labute approximate surface area is 99.3 Å². The van der Waals surface area contributed by atoms with Gasteiger partial charge in [-0.3, -0.25) is 0 Å². The lowest BCUT2D eigenvalue weighted by atomic mass is 9.96. The molecule has 0 heterocycles. The number of hydrogen-bond donors (Lipinski definition) is 1. The molecule has 1 aliphatic carbocycles. The first kappa shape index (κ1) is 11.7. The molecule has 0 saturated heterocycles. The second-order valence-electron chi connectivity index (χ2n) is 5.32. The van der Waals surface area contributed by atoms with Gasteiger partial charge < -0.3 is 5.32 Å². The van der Waals surface area contributed by atoms with E-state index < -0.39 is 0 Å². The Morgan fingerprint density at radius 3 is 2.44 bits per heavy atom. The second-order valence-corrected chi connectivity index (χ2v) is 5.32. The van der Waals surface area contributed by atoms with Crippen LogP contribution in [0.3, 0.4) is 0 Å². The number of rotatable bonds is 6. The van der Waals surface area contributed by atoms with E-state index in [2.05, 4.69) is 49.5 Å². The van der Waals surface area contributed by atoms with E-state index in [1.165, 1.54) is 31.4 Å². The molecule has 1 heteroatoms. The topological polar surface area (TPSA) is 12.0 Å². The molecule has 1 aromatic rings. The molecule has 1 fully saturated rings. The van der Waals surface area contributed by atoms with Crippen LogP contribution in [-0.4, -0.2) is 6.54 Å². The van der Waals surface area contributed by atoms with Gasteiger partial charge in [0.1, 0.15) is 0 Å². The van der Waals surface area contributed by atoms with Crippen molar-refractivity contribution in [1.29, 1.82) is 0 Å². The number of hydrogen-bond acceptors (Lipinski definition) is 1. The maximum absolute atomic E-state index is 3.71. The van der Waals surface area contributed by atoms with Gasteiger partial charge in [-0.2, -0.15) is 0 Å². The van der Waals surface area contributed by atoms with Crippen LogP contribution in [-0.2, 0) is 0 Å². The SMILES string of the molecule is CC(C)C(NCCC1CC1)c1ccccc1. The first-order valence-corrected chi connectivity index (χ1v) is 6.55. The van der Waals surface area contributed by atoms with Crippen LogP contribution < -0.4 is 5.32 Å². The van der Waals surface area contributed by atoms with E-state index in [1.54, 1.807) is 0 Å². The lowest BCUT2D eigenvalue weighted by Crippen LogP contribution is -2.26. The van der Waals surface area contributed by atoms with Gasteiger partial charge in [-0.1, -0.05) is 57.0 Å². The third-order valence-electron chi connectivity index (χ3n) is 3.44. The van der Waals surface area contributed by atoms with E-state index in [1.807, 2.05) is 0 Å². The maximum Gasteiger partial charge on any atom is 0.0343 e. The molecule has 1 N–H and O–H groups in total. The fourth-order valence-electron chi connectivity index (χ4n) is 2.25. The molecule has 1 unspecified atom stereocenters. The van der Waals surface area contributed by atoms with E-state index in [9.17, 15) is 0 Å². The van der Waals surface area contributed by atoms with Crippen molar-refractivity contribution in [2.75, 3.05) is 6.54 Å². The predicted octanol–water partition coefficient (Wildman–Crippen LogP) is 3.77. The Morgan fingerprint density at radius 2 is 1.88 bits per heavy atom. The highest BCUT2D eigenvalue weighted by Gasteiger charge is 2.21. The molecule has 0 amide bonds. The molecular formula is C15H23N. The van der Waals surface area contributed by atoms with Gasteiger partial charge in [-0.05, 0) is 30.4 Å². The summed E-state index contributed by atoms with van der Waals surface area (Å²) in [4.78, 5) is 0. The van der Waals surface area contributed by atoms with Gasteiger partial charge in [-0.15, -0.1) is 0 Å². The van der Waals surface area contributed by atoms with Crippen LogP contribution in [0.1, 0.15) is 44.7 Å². The van der Waals surface area contributed by atoms with Gasteiger partial charge in [0.2, 0.25) is 0 Å². The zero-order chi connectivity index (χ0) is 11.4. The van der Waals surface area contributed by atoms with Crippen molar-refractivity contribution in [3.8, 4) is 0 Å². The summed E-state index contributed by atoms with van der Waals surface area (Å²) in [5, 5.41) is 3.71. The standard InChI is InChI=1S/C15H23N/c1-12(2)15(14-6-4-3-5-7-14)16-11-10-13-8-9-13/h3-7,12-13,15-16H,8-11H2,1-2H3. The van der Waals surface area contributed by atoms with Gasteiger partial charge >= 0.3 is 0 Å². The van der Waals surface area contributed by atoms with Gasteiger partial charge in [0.15, 0.2) is 0 Å². The second kappa shape index (κ2) is 5.49. The van der Waals surface area contributed by atoms with Crippen molar-refractivity contribution >= 4 is 0 Å². The number of nitrogens with one attached hydrogen (secondary N) is 1. The van der Waals surface area contributed by atoms with E-state index in [0.29, 0.717) is 12.0 Å². The minimum absolute atomic E-state index is 0.514. The van der Waals surface area contributed by atoms with Gasteiger partial charge in [0.05, 0.1) is 0 Å². The molecule has 1 atom stereocenters. The summed E-state index contributed by atoms with van der Waals surface area (Å²) in [5.74, 6) is 1.68. The van der Waals surface area contributed by atoms with Crippen molar-refractivity contribution in [3.05, 3.63) is 35.9 Å². The molecule has 16 heavy (non-hydrogen) atoms. The van der Waals surface area contributed by atoms with Gasteiger partial charge in [0, 0.05) is 6.04 Å². The third-order valence-corrected chi connectivity index (χ3v) is 3.44. The van der Waals surface area contributed by atoms with E-state index in [4.69, 9.17) is 0 Å². The summed E-state index contributed by atoms with van der Waals surface area (Å²) in [5.41, 5.74) is 1.42. The van der Waals surface area contributed by atoms with Crippen LogP contribution in [0.5, 0.6) is 0 Å². The third kappa shape index (κ3) is 3.34. The monoisotopic (exact) mass is 217 g/mol. The highest BCUT2D eigenvalue weighted by atomic mass is 14.9. The van der Waals surface area contributed by atoms with Crippen LogP contribution in [0.4, 0.5) is 0 Å². The maximum atomic E-state index is 3.71. The minimum atomic E-state index is 0.514. The van der Waals surface area contributed by atoms with Crippen molar-refractivity contribution < 1.29 is 0 Å². The quantitative estimate of drug-likeness (QED) is 0.764. The summed E-state index contributed by atoms with van der Waals surface area (Å²) in [6, 6.07) is 11.3. The fourth-order valence-corrected chi connectivity index (χ4v) is 2.25. The molecule has 88 valence electrons. The van der Waals surface area contributed by atoms with Crippen LogP contribution >= 0.6 is 0 Å². The molecule has 0 spiro atoms. The van der Waals surface area contributed by atoms with E-state index >= 15 is 0 Å². The largest absolute Gasteiger partial charge is 0.310 e. The van der Waals surface area contributed by atoms with Crippen molar-refractivity contribution in [2.45, 2.75) is 39.2 Å². The zero-order valence-corrected chi connectivity index (χ0v) is 10.4. The Bertz CT molecular complexity index is 300. The van der Waals surface area contributed by atoms with Crippen molar-refractivity contribution in [3.63, 3.8) is 0 Å². The first-order valence-electron chi connectivity index (χ1n) is 6.55. The highest BCUT2D eigenvalue weighted by molar-refractivity contribution is 5.19. The summed E-state index contributed by atoms with van der Waals surface area (Å²) in [7, 11) is 0. The Balaban J connectivity index is 1.88. The zero-order valence-electron chi connectivity index (χ0n) is 10.4. The number of benzene rings is 1. The minimum Gasteiger partial charge on any atom is -0.310 e. The Kier molecular flexibility index (Phi) is 4.00. The van der Waals surface area contributed by atoms with Crippen molar-refractivity contribution in [1.82, 2.24) is 5.32 Å². The fraction of sp³-hybridized carbons (Fsp3) is 0.600. The highest BCUT2D eigenvalue weighted by Crippen LogP contribution is 2.32. The molecule has 1 aromatic carbocycles. The van der Waals surface area contributed by atoms with Crippen LogP contribution in [0.15, 0.2) is 30.3 Å². The van der Waals surface area contributed by atoms with Crippen LogP contribution in [0, 0.1) is 11.8 Å². The molecule has 0 aliphatic heterocycles. The lowest BCUT2D eigenvalue weighted by molar-refractivity contribution is 0.404. The predicted molar refractivity (Wildman–Crippen MR) is 69.4 cm³/mol. The molecule has 0 bridgehead atoms. The van der Waals surface area contributed by atoms with Gasteiger partial charge in [0.25, 0.3) is 0 Å². The molecule has 1 saturated carbocycles. The summed E-state index contributed by atoms with van der Waals surface area (Å²) >= 11 is 0. The normalized spacial score (nSPS) is 17.7. The molecule has 0 aromatic heterocycles. The summed E-state index contributed by atoms with van der Waals surface area (Å²) < 4.78 is 0. The first-order chi connectivity index (χ1) is 7.77. The smallest absolute Gasteiger partial charge is 0.0343 e. The van der Waals surface area contributed by atoms with Crippen LogP contribution in [0.25, 0.3) is 0 Å².